The minimum Gasteiger partial charge on any atom is -0.550 e. The summed E-state index contributed by atoms with van der Waals surface area (Å²) in [6, 6.07) is 0. The molecule has 0 unspecified atom stereocenters. The third kappa shape index (κ3) is 14.7. The zero-order chi connectivity index (χ0) is 16.8. The van der Waals surface area contributed by atoms with Gasteiger partial charge in [-0.15, -0.1) is 0 Å². The molecule has 0 aliphatic rings. The first-order valence-electron chi connectivity index (χ1n) is 8.22. The zero-order valence-corrected chi connectivity index (χ0v) is 16.5. The van der Waals surface area contributed by atoms with E-state index in [1.807, 2.05) is 0 Å². The first-order valence-corrected chi connectivity index (χ1v) is 8.22. The van der Waals surface area contributed by atoms with Crippen molar-refractivity contribution in [1.29, 1.82) is 0 Å². The van der Waals surface area contributed by atoms with Crippen molar-refractivity contribution < 1.29 is 54.2 Å². The summed E-state index contributed by atoms with van der Waals surface area (Å²) >= 11 is 0. The number of aliphatic carboxylic acids is 1. The third-order valence-electron chi connectivity index (χ3n) is 3.57. The molecule has 0 saturated carbocycles. The molecule has 0 atom stereocenters. The van der Waals surface area contributed by atoms with Gasteiger partial charge in [0.2, 0.25) is 5.91 Å². The quantitative estimate of drug-likeness (QED) is 0.363. The van der Waals surface area contributed by atoms with Crippen molar-refractivity contribution in [3.63, 3.8) is 0 Å². The van der Waals surface area contributed by atoms with Crippen LogP contribution in [-0.4, -0.2) is 34.5 Å². The Morgan fingerprint density at radius 3 is 1.78 bits per heavy atom. The Labute approximate surface area is 160 Å². The summed E-state index contributed by atoms with van der Waals surface area (Å²) in [5.74, 6) is -1.89. The van der Waals surface area contributed by atoms with Gasteiger partial charge in [0.15, 0.2) is 0 Å². The fourth-order valence-corrected chi connectivity index (χ4v) is 2.25. The van der Waals surface area contributed by atoms with E-state index < -0.39 is 24.4 Å². The van der Waals surface area contributed by atoms with Crippen LogP contribution < -0.4 is 34.7 Å². The van der Waals surface area contributed by atoms with E-state index in [2.05, 4.69) is 6.92 Å². The van der Waals surface area contributed by atoms with Crippen molar-refractivity contribution in [1.82, 2.24) is 4.90 Å². The number of amides is 2. The second-order valence-electron chi connectivity index (χ2n) is 5.53. The molecule has 0 rings (SSSR count). The summed E-state index contributed by atoms with van der Waals surface area (Å²) in [7, 11) is 0. The standard InChI is InChI=1S/C16H29NO5.Na/c1-2-3-4-5-6-7-8-9-10-11-14(18)17(16(21)22)13-12-15(19)20;/h2-13H2,1H3,(H,19,20)(H,21,22);/q;+1/p-1. The van der Waals surface area contributed by atoms with Crippen LogP contribution in [-0.2, 0) is 9.59 Å². The van der Waals surface area contributed by atoms with E-state index in [9.17, 15) is 19.5 Å². The number of carboxylic acid groups (broad SMARTS) is 2. The molecule has 0 aromatic rings. The monoisotopic (exact) mass is 337 g/mol. The minimum atomic E-state index is -1.40. The number of rotatable bonds is 13. The average molecular weight is 337 g/mol. The average Bonchev–Trinajstić information content (AvgIpc) is 2.45. The maximum atomic E-state index is 11.7. The Kier molecular flexibility index (Phi) is 17.4. The minimum absolute atomic E-state index is 0. The van der Waals surface area contributed by atoms with Crippen LogP contribution in [0.15, 0.2) is 0 Å². The van der Waals surface area contributed by atoms with E-state index in [4.69, 9.17) is 5.11 Å². The van der Waals surface area contributed by atoms with Crippen LogP contribution in [0.2, 0.25) is 0 Å². The molecular weight excluding hydrogens is 309 g/mol. The van der Waals surface area contributed by atoms with Gasteiger partial charge in [-0.2, -0.15) is 0 Å². The third-order valence-corrected chi connectivity index (χ3v) is 3.57. The van der Waals surface area contributed by atoms with Gasteiger partial charge in [-0.25, -0.2) is 9.69 Å². The first-order chi connectivity index (χ1) is 10.5. The molecule has 23 heavy (non-hydrogen) atoms. The normalized spacial score (nSPS) is 9.96. The van der Waals surface area contributed by atoms with Gasteiger partial charge < -0.3 is 15.0 Å². The molecule has 0 aromatic heterocycles. The van der Waals surface area contributed by atoms with Crippen LogP contribution >= 0.6 is 0 Å². The molecule has 128 valence electrons. The second kappa shape index (κ2) is 16.3. The zero-order valence-electron chi connectivity index (χ0n) is 14.5. The maximum absolute atomic E-state index is 11.7. The van der Waals surface area contributed by atoms with E-state index >= 15 is 0 Å². The van der Waals surface area contributed by atoms with Gasteiger partial charge in [-0.3, -0.25) is 4.79 Å². The Morgan fingerprint density at radius 1 is 0.870 bits per heavy atom. The van der Waals surface area contributed by atoms with Gasteiger partial charge in [0.25, 0.3) is 0 Å². The summed E-state index contributed by atoms with van der Waals surface area (Å²) in [6.07, 6.45) is 8.27. The molecule has 0 aromatic carbocycles. The van der Waals surface area contributed by atoms with Crippen LogP contribution in [0.5, 0.6) is 0 Å². The van der Waals surface area contributed by atoms with Gasteiger partial charge in [-0.1, -0.05) is 58.3 Å². The largest absolute Gasteiger partial charge is 1.00 e. The molecule has 1 N–H and O–H groups in total. The number of carbonyl (C=O) groups is 3. The van der Waals surface area contributed by atoms with E-state index in [0.29, 0.717) is 11.3 Å². The van der Waals surface area contributed by atoms with Gasteiger partial charge in [0.1, 0.15) is 0 Å². The number of unbranched alkanes of at least 4 members (excludes halogenated alkanes) is 8. The Morgan fingerprint density at radius 2 is 1.35 bits per heavy atom. The first kappa shape index (κ1) is 24.7. The van der Waals surface area contributed by atoms with Crippen LogP contribution in [0.3, 0.4) is 0 Å². The van der Waals surface area contributed by atoms with Crippen molar-refractivity contribution in [2.75, 3.05) is 6.54 Å². The summed E-state index contributed by atoms with van der Waals surface area (Å²) in [5, 5.41) is 19.2. The van der Waals surface area contributed by atoms with Crippen LogP contribution in [0.1, 0.15) is 77.6 Å². The van der Waals surface area contributed by atoms with Crippen molar-refractivity contribution in [3.05, 3.63) is 0 Å². The van der Waals surface area contributed by atoms with Gasteiger partial charge in [0.05, 0.1) is 0 Å². The van der Waals surface area contributed by atoms with Crippen molar-refractivity contribution >= 4 is 18.0 Å². The molecule has 0 spiro atoms. The van der Waals surface area contributed by atoms with Crippen LogP contribution in [0.25, 0.3) is 0 Å². The number of hydrogen-bond donors (Lipinski definition) is 1. The maximum Gasteiger partial charge on any atom is 1.00 e. The van der Waals surface area contributed by atoms with Gasteiger partial charge >= 0.3 is 35.7 Å². The summed E-state index contributed by atoms with van der Waals surface area (Å²) in [5.41, 5.74) is 0. The second-order valence-corrected chi connectivity index (χ2v) is 5.53. The van der Waals surface area contributed by atoms with E-state index in [-0.39, 0.29) is 42.5 Å². The summed E-state index contributed by atoms with van der Waals surface area (Å²) < 4.78 is 0. The Hall–Kier alpha value is -0.590. The Balaban J connectivity index is 0. The molecule has 2 amide bonds. The SMILES string of the molecule is CCCCCCCCCCCC(=O)N(CCC(=O)[O-])C(=O)O.[Na+]. The predicted octanol–water partition coefficient (Wildman–Crippen LogP) is -0.442. The van der Waals surface area contributed by atoms with Crippen LogP contribution in [0.4, 0.5) is 4.79 Å². The smallest absolute Gasteiger partial charge is 0.550 e. The summed E-state index contributed by atoms with van der Waals surface area (Å²) in [6.45, 7) is 1.85. The van der Waals surface area contributed by atoms with E-state index in [0.717, 1.165) is 19.3 Å². The molecule has 7 heteroatoms. The molecule has 0 saturated heterocycles. The van der Waals surface area contributed by atoms with E-state index in [1.54, 1.807) is 0 Å². The Bertz CT molecular complexity index is 349. The van der Waals surface area contributed by atoms with E-state index in [1.165, 1.54) is 32.1 Å². The van der Waals surface area contributed by atoms with Crippen molar-refractivity contribution in [2.45, 2.75) is 77.6 Å². The van der Waals surface area contributed by atoms with Crippen molar-refractivity contribution in [2.24, 2.45) is 0 Å². The number of carboxylic acids is 1. The number of carbonyl (C=O) groups excluding carboxylic acids is 2. The molecule has 0 bridgehead atoms. The predicted molar refractivity (Wildman–Crippen MR) is 81.2 cm³/mol. The molecule has 0 radical (unpaired) electrons. The molecule has 0 fully saturated rings. The number of nitrogens with zero attached hydrogens (tertiary/aromatic N) is 1. The number of hydrogen-bond acceptors (Lipinski definition) is 4. The molecule has 0 heterocycles. The molecule has 0 aliphatic heterocycles. The molecule has 6 nitrogen and oxygen atoms in total. The number of imide groups is 1. The van der Waals surface area contributed by atoms with Gasteiger partial charge in [0, 0.05) is 25.4 Å². The fraction of sp³-hybridized carbons (Fsp3) is 0.812. The molecular formula is C16H28NNaO5. The van der Waals surface area contributed by atoms with Gasteiger partial charge in [-0.05, 0) is 6.42 Å². The fourth-order valence-electron chi connectivity index (χ4n) is 2.25. The van der Waals surface area contributed by atoms with Crippen molar-refractivity contribution in [3.8, 4) is 0 Å². The topological polar surface area (TPSA) is 97.7 Å². The van der Waals surface area contributed by atoms with Crippen LogP contribution in [0, 0.1) is 0 Å². The molecule has 0 aliphatic carbocycles. The summed E-state index contributed by atoms with van der Waals surface area (Å²) in [4.78, 5) is 33.5.